The summed E-state index contributed by atoms with van der Waals surface area (Å²) in [5.41, 5.74) is -1.55. The Morgan fingerprint density at radius 1 is 1.20 bits per heavy atom. The van der Waals surface area contributed by atoms with E-state index in [1.54, 1.807) is 9.80 Å². The Labute approximate surface area is 258 Å². The normalized spacial score (nSPS) is 24.1. The Balaban J connectivity index is 1.20. The van der Waals surface area contributed by atoms with Gasteiger partial charge in [0.05, 0.1) is 24.1 Å². The number of piperidine rings is 1. The number of carbonyl (C=O) groups excluding carboxylic acids is 1. The zero-order chi connectivity index (χ0) is 31.4. The number of halogens is 3. The predicted octanol–water partition coefficient (Wildman–Crippen LogP) is 6.29. The van der Waals surface area contributed by atoms with Crippen molar-refractivity contribution in [2.45, 2.75) is 88.5 Å². The molecule has 1 aliphatic carbocycles. The standard InChI is InChI=1S/C31H32F3N5O4S/c1-2-19-14-22(6-7-26(19)43-11-8-18-12-20-4-5-21(13-18)37(20)29(41)42)39-28(44)38(27(40)30(39)9-3-10-30)23-15-24(31(32,33)34)25(16-35)36-17-23/h6-7,14-15,17-18,20-21H,2-5,8-13H2,1H3,(H,41,42)/t18?,20-,21+. The molecule has 2 aromatic rings. The van der Waals surface area contributed by atoms with Crippen LogP contribution < -0.4 is 14.5 Å². The molecule has 6 rings (SSSR count). The summed E-state index contributed by atoms with van der Waals surface area (Å²) in [6, 6.07) is 7.99. The van der Waals surface area contributed by atoms with Gasteiger partial charge in [-0.1, -0.05) is 6.92 Å². The zero-order valence-corrected chi connectivity index (χ0v) is 25.0. The molecular weight excluding hydrogens is 595 g/mol. The van der Waals surface area contributed by atoms with E-state index in [2.05, 4.69) is 4.98 Å². The zero-order valence-electron chi connectivity index (χ0n) is 24.1. The summed E-state index contributed by atoms with van der Waals surface area (Å²) in [5, 5.41) is 18.7. The summed E-state index contributed by atoms with van der Waals surface area (Å²) in [6.45, 7) is 2.49. The fourth-order valence-electron chi connectivity index (χ4n) is 7.38. The summed E-state index contributed by atoms with van der Waals surface area (Å²) in [6.07, 6.45) is 2.21. The first-order valence-electron chi connectivity index (χ1n) is 14.9. The monoisotopic (exact) mass is 627 g/mol. The molecule has 1 aromatic carbocycles. The van der Waals surface area contributed by atoms with Crippen LogP contribution >= 0.6 is 12.2 Å². The highest BCUT2D eigenvalue weighted by molar-refractivity contribution is 7.81. The number of anilines is 2. The fourth-order valence-corrected chi connectivity index (χ4v) is 7.85. The van der Waals surface area contributed by atoms with Crippen LogP contribution in [-0.2, 0) is 17.4 Å². The molecule has 2 bridgehead atoms. The molecule has 2 amide bonds. The number of hydrogen-bond donors (Lipinski definition) is 1. The van der Waals surface area contributed by atoms with Gasteiger partial charge in [0.1, 0.15) is 17.4 Å². The number of ether oxygens (including phenoxy) is 1. The Morgan fingerprint density at radius 3 is 2.48 bits per heavy atom. The molecule has 3 aliphatic heterocycles. The molecule has 4 fully saturated rings. The number of rotatable bonds is 7. The van der Waals surface area contributed by atoms with Crippen LogP contribution in [-0.4, -0.2) is 56.3 Å². The van der Waals surface area contributed by atoms with Crippen molar-refractivity contribution in [1.82, 2.24) is 9.88 Å². The molecule has 9 nitrogen and oxygen atoms in total. The maximum Gasteiger partial charge on any atom is 0.419 e. The van der Waals surface area contributed by atoms with E-state index >= 15 is 0 Å². The number of thiocarbonyl (C=S) groups is 1. The van der Waals surface area contributed by atoms with Crippen LogP contribution in [0.1, 0.15) is 75.1 Å². The van der Waals surface area contributed by atoms with Gasteiger partial charge in [-0.25, -0.2) is 9.78 Å². The van der Waals surface area contributed by atoms with Gasteiger partial charge in [-0.05, 0) is 106 Å². The number of benzene rings is 1. The third-order valence-electron chi connectivity index (χ3n) is 9.65. The van der Waals surface area contributed by atoms with Crippen LogP contribution in [0.4, 0.5) is 29.3 Å². The first kappa shape index (κ1) is 30.1. The number of aromatic nitrogens is 1. The number of alkyl halides is 3. The van der Waals surface area contributed by atoms with E-state index in [0.29, 0.717) is 43.2 Å². The highest BCUT2D eigenvalue weighted by Crippen LogP contribution is 2.49. The Bertz CT molecular complexity index is 1540. The molecule has 1 aromatic heterocycles. The average molecular weight is 628 g/mol. The van der Waals surface area contributed by atoms with Crippen LogP contribution in [0.25, 0.3) is 0 Å². The summed E-state index contributed by atoms with van der Waals surface area (Å²) >= 11 is 5.74. The van der Waals surface area contributed by atoms with Gasteiger partial charge in [0.2, 0.25) is 0 Å². The van der Waals surface area contributed by atoms with Crippen molar-refractivity contribution >= 4 is 40.7 Å². The molecule has 1 N–H and O–H groups in total. The number of nitriles is 1. The third-order valence-corrected chi connectivity index (χ3v) is 10.0. The average Bonchev–Trinajstić information content (AvgIpc) is 3.38. The van der Waals surface area contributed by atoms with E-state index in [-0.39, 0.29) is 22.9 Å². The molecule has 3 saturated heterocycles. The lowest BCUT2D eigenvalue weighted by molar-refractivity contribution is -0.138. The maximum absolute atomic E-state index is 13.8. The highest BCUT2D eigenvalue weighted by atomic mass is 32.1. The fraction of sp³-hybridized carbons (Fsp3) is 0.516. The van der Waals surface area contributed by atoms with Gasteiger partial charge in [0.15, 0.2) is 10.8 Å². The minimum atomic E-state index is -4.83. The number of carboxylic acid groups (broad SMARTS) is 1. The third kappa shape index (κ3) is 4.93. The van der Waals surface area contributed by atoms with Crippen molar-refractivity contribution in [3.8, 4) is 11.8 Å². The molecule has 3 atom stereocenters. The molecule has 44 heavy (non-hydrogen) atoms. The van der Waals surface area contributed by atoms with Gasteiger partial charge in [0, 0.05) is 17.8 Å². The largest absolute Gasteiger partial charge is 0.493 e. The van der Waals surface area contributed by atoms with Gasteiger partial charge in [0.25, 0.3) is 5.91 Å². The maximum atomic E-state index is 13.8. The molecule has 13 heteroatoms. The van der Waals surface area contributed by atoms with Gasteiger partial charge < -0.3 is 19.6 Å². The van der Waals surface area contributed by atoms with E-state index in [9.17, 15) is 27.9 Å². The van der Waals surface area contributed by atoms with E-state index in [4.69, 9.17) is 22.2 Å². The number of hydrogen-bond acceptors (Lipinski definition) is 6. The van der Waals surface area contributed by atoms with Crippen LogP contribution in [0.2, 0.25) is 0 Å². The Morgan fingerprint density at radius 2 is 1.91 bits per heavy atom. The first-order chi connectivity index (χ1) is 21.0. The smallest absolute Gasteiger partial charge is 0.419 e. The van der Waals surface area contributed by atoms with Crippen LogP contribution in [0, 0.1) is 17.2 Å². The quantitative estimate of drug-likeness (QED) is 0.357. The summed E-state index contributed by atoms with van der Waals surface area (Å²) in [7, 11) is 0. The number of fused-ring (bicyclic) bond motifs is 2. The van der Waals surface area contributed by atoms with Crippen molar-refractivity contribution in [1.29, 1.82) is 5.26 Å². The predicted molar refractivity (Wildman–Crippen MR) is 158 cm³/mol. The van der Waals surface area contributed by atoms with Crippen molar-refractivity contribution in [2.75, 3.05) is 16.4 Å². The van der Waals surface area contributed by atoms with Crippen LogP contribution in [0.5, 0.6) is 5.75 Å². The van der Waals surface area contributed by atoms with Gasteiger partial charge in [-0.2, -0.15) is 18.4 Å². The van der Waals surface area contributed by atoms with Crippen molar-refractivity contribution < 1.29 is 32.6 Å². The summed E-state index contributed by atoms with van der Waals surface area (Å²) in [4.78, 5) is 33.6. The first-order valence-corrected chi connectivity index (χ1v) is 15.3. The lowest BCUT2D eigenvalue weighted by atomic mass is 9.75. The number of nitrogens with zero attached hydrogens (tertiary/aromatic N) is 5. The van der Waals surface area contributed by atoms with E-state index in [1.165, 1.54) is 6.07 Å². The molecule has 1 unspecified atom stereocenters. The van der Waals surface area contributed by atoms with Crippen molar-refractivity contribution in [3.05, 3.63) is 47.3 Å². The summed E-state index contributed by atoms with van der Waals surface area (Å²) < 4.78 is 47.3. The highest BCUT2D eigenvalue weighted by Gasteiger charge is 2.60. The molecular formula is C31H32F3N5O4S. The lowest BCUT2D eigenvalue weighted by Gasteiger charge is -2.43. The SMILES string of the molecule is CCc1cc(N2C(=S)N(c3cnc(C#N)c(C(F)(F)F)c3)C(=O)C23CCC3)ccc1OCCC1C[C@H]2CC[C@@H](C1)N2C(=O)O. The second-order valence-corrected chi connectivity index (χ2v) is 12.4. The van der Waals surface area contributed by atoms with E-state index in [0.717, 1.165) is 61.3 Å². The van der Waals surface area contributed by atoms with Gasteiger partial charge in [-0.3, -0.25) is 9.69 Å². The van der Waals surface area contributed by atoms with E-state index < -0.39 is 35.0 Å². The number of amides is 2. The van der Waals surface area contributed by atoms with Crippen LogP contribution in [0.3, 0.4) is 0 Å². The number of carbonyl (C=O) groups is 2. The lowest BCUT2D eigenvalue weighted by Crippen LogP contribution is -2.55. The summed E-state index contributed by atoms with van der Waals surface area (Å²) in [5.74, 6) is 0.707. The Hall–Kier alpha value is -3.92. The molecule has 4 aliphatic rings. The van der Waals surface area contributed by atoms with E-state index in [1.807, 2.05) is 25.1 Å². The second kappa shape index (κ2) is 11.2. The Kier molecular flexibility index (Phi) is 7.68. The van der Waals surface area contributed by atoms with Crippen LogP contribution in [0.15, 0.2) is 30.5 Å². The second-order valence-electron chi connectivity index (χ2n) is 12.0. The van der Waals surface area contributed by atoms with Gasteiger partial charge >= 0.3 is 12.3 Å². The molecule has 232 valence electrons. The minimum Gasteiger partial charge on any atom is -0.493 e. The number of pyridine rings is 1. The number of aryl methyl sites for hydroxylation is 1. The molecule has 0 radical (unpaired) electrons. The molecule has 1 saturated carbocycles. The topological polar surface area (TPSA) is 110 Å². The van der Waals surface area contributed by atoms with Crippen molar-refractivity contribution in [2.24, 2.45) is 5.92 Å². The molecule has 4 heterocycles. The molecule has 1 spiro atoms. The van der Waals surface area contributed by atoms with Gasteiger partial charge in [-0.15, -0.1) is 0 Å². The minimum absolute atomic E-state index is 0.0624. The van der Waals surface area contributed by atoms with Crippen molar-refractivity contribution in [3.63, 3.8) is 0 Å².